The molecule has 0 bridgehead atoms. The molecule has 0 saturated carbocycles. The molecule has 0 spiro atoms. The molecule has 14 heavy (non-hydrogen) atoms. The molecule has 1 heterocycles. The lowest BCUT2D eigenvalue weighted by atomic mass is 10.1. The maximum Gasteiger partial charge on any atom is 0.0386 e. The van der Waals surface area contributed by atoms with Crippen LogP contribution in [0.1, 0.15) is 19.8 Å². The maximum absolute atomic E-state index is 3.52. The van der Waals surface area contributed by atoms with E-state index in [1.54, 1.807) is 0 Å². The molecule has 2 nitrogen and oxygen atoms in total. The Morgan fingerprint density at radius 3 is 2.79 bits per heavy atom. The third-order valence-corrected chi connectivity index (χ3v) is 2.87. The van der Waals surface area contributed by atoms with Gasteiger partial charge in [0.1, 0.15) is 0 Å². The van der Waals surface area contributed by atoms with E-state index < -0.39 is 0 Å². The molecule has 76 valence electrons. The van der Waals surface area contributed by atoms with Gasteiger partial charge in [-0.25, -0.2) is 0 Å². The van der Waals surface area contributed by atoms with Crippen molar-refractivity contribution in [2.75, 3.05) is 11.9 Å². The number of nitrogens with one attached hydrogen (secondary N) is 2. The van der Waals surface area contributed by atoms with Crippen molar-refractivity contribution in [2.45, 2.75) is 31.8 Å². The van der Waals surface area contributed by atoms with Gasteiger partial charge in [-0.1, -0.05) is 18.2 Å². The zero-order chi connectivity index (χ0) is 9.80. The van der Waals surface area contributed by atoms with Gasteiger partial charge < -0.3 is 10.6 Å². The zero-order valence-electron chi connectivity index (χ0n) is 8.66. The lowest BCUT2D eigenvalue weighted by molar-refractivity contribution is 0.538. The van der Waals surface area contributed by atoms with Gasteiger partial charge in [0.15, 0.2) is 0 Å². The van der Waals surface area contributed by atoms with E-state index in [0.29, 0.717) is 12.1 Å². The second-order valence-electron chi connectivity index (χ2n) is 4.00. The summed E-state index contributed by atoms with van der Waals surface area (Å²) < 4.78 is 0. The minimum atomic E-state index is 0.514. The van der Waals surface area contributed by atoms with Gasteiger partial charge in [0.05, 0.1) is 0 Å². The first-order valence-electron chi connectivity index (χ1n) is 5.41. The standard InChI is InChI=1S/C12H18N2/c1-10(12-8-5-9-13-12)14-11-6-3-2-4-7-11/h2-4,6-7,10,12-14H,5,8-9H2,1H3/t10-,12-/m0/s1. The second-order valence-corrected chi connectivity index (χ2v) is 4.00. The van der Waals surface area contributed by atoms with Gasteiger partial charge in [0.25, 0.3) is 0 Å². The average molecular weight is 190 g/mol. The predicted molar refractivity (Wildman–Crippen MR) is 60.6 cm³/mol. The molecular weight excluding hydrogens is 172 g/mol. The highest BCUT2D eigenvalue weighted by atomic mass is 15.0. The molecule has 0 amide bonds. The van der Waals surface area contributed by atoms with Crippen LogP contribution in [0.3, 0.4) is 0 Å². The molecule has 1 saturated heterocycles. The van der Waals surface area contributed by atoms with E-state index >= 15 is 0 Å². The van der Waals surface area contributed by atoms with E-state index in [-0.39, 0.29) is 0 Å². The van der Waals surface area contributed by atoms with Crippen molar-refractivity contribution in [3.05, 3.63) is 30.3 Å². The Hall–Kier alpha value is -1.02. The monoisotopic (exact) mass is 190 g/mol. The van der Waals surface area contributed by atoms with Crippen LogP contribution < -0.4 is 10.6 Å². The first-order chi connectivity index (χ1) is 6.86. The summed E-state index contributed by atoms with van der Waals surface area (Å²) in [4.78, 5) is 0. The van der Waals surface area contributed by atoms with Crippen molar-refractivity contribution in [1.82, 2.24) is 5.32 Å². The van der Waals surface area contributed by atoms with Gasteiger partial charge in [0.2, 0.25) is 0 Å². The van der Waals surface area contributed by atoms with E-state index in [0.717, 1.165) is 0 Å². The smallest absolute Gasteiger partial charge is 0.0386 e. The van der Waals surface area contributed by atoms with Crippen LogP contribution >= 0.6 is 0 Å². The van der Waals surface area contributed by atoms with Crippen LogP contribution in [0.4, 0.5) is 5.69 Å². The topological polar surface area (TPSA) is 24.1 Å². The van der Waals surface area contributed by atoms with Crippen molar-refractivity contribution in [3.63, 3.8) is 0 Å². The van der Waals surface area contributed by atoms with Gasteiger partial charge in [-0.15, -0.1) is 0 Å². The molecule has 0 radical (unpaired) electrons. The van der Waals surface area contributed by atoms with Gasteiger partial charge in [-0.3, -0.25) is 0 Å². The number of anilines is 1. The highest BCUT2D eigenvalue weighted by Crippen LogP contribution is 2.14. The van der Waals surface area contributed by atoms with Crippen molar-refractivity contribution in [2.24, 2.45) is 0 Å². The SMILES string of the molecule is C[C@H](Nc1ccccc1)[C@@H]1CCCN1. The van der Waals surface area contributed by atoms with Crippen LogP contribution in [0.5, 0.6) is 0 Å². The molecule has 0 unspecified atom stereocenters. The second kappa shape index (κ2) is 4.47. The molecule has 1 aromatic carbocycles. The van der Waals surface area contributed by atoms with Crippen LogP contribution in [0.25, 0.3) is 0 Å². The summed E-state index contributed by atoms with van der Waals surface area (Å²) in [6, 6.07) is 11.6. The minimum Gasteiger partial charge on any atom is -0.381 e. The first-order valence-corrected chi connectivity index (χ1v) is 5.41. The highest BCUT2D eigenvalue weighted by Gasteiger charge is 2.20. The lowest BCUT2D eigenvalue weighted by Gasteiger charge is -2.21. The summed E-state index contributed by atoms with van der Waals surface area (Å²) in [7, 11) is 0. The van der Waals surface area contributed by atoms with Crippen molar-refractivity contribution in [3.8, 4) is 0 Å². The molecule has 1 aliphatic heterocycles. The number of rotatable bonds is 3. The summed E-state index contributed by atoms with van der Waals surface area (Å²) in [6.07, 6.45) is 2.60. The fourth-order valence-corrected chi connectivity index (χ4v) is 2.04. The molecule has 2 heteroatoms. The van der Waals surface area contributed by atoms with Crippen LogP contribution in [0, 0.1) is 0 Å². The number of benzene rings is 1. The Bertz CT molecular complexity index is 265. The Balaban J connectivity index is 1.90. The molecule has 2 atom stereocenters. The van der Waals surface area contributed by atoms with Gasteiger partial charge in [-0.05, 0) is 38.4 Å². The molecule has 2 N–H and O–H groups in total. The third-order valence-electron chi connectivity index (χ3n) is 2.87. The van der Waals surface area contributed by atoms with Gasteiger partial charge >= 0.3 is 0 Å². The molecule has 1 fully saturated rings. The van der Waals surface area contributed by atoms with Crippen LogP contribution in [0.2, 0.25) is 0 Å². The maximum atomic E-state index is 3.52. The summed E-state index contributed by atoms with van der Waals surface area (Å²) in [5, 5.41) is 7.04. The number of para-hydroxylation sites is 1. The summed E-state index contributed by atoms with van der Waals surface area (Å²) in [6.45, 7) is 3.42. The lowest BCUT2D eigenvalue weighted by Crippen LogP contribution is -2.37. The van der Waals surface area contributed by atoms with Crippen molar-refractivity contribution < 1.29 is 0 Å². The Kier molecular flexibility index (Phi) is 3.04. The molecular formula is C12H18N2. The minimum absolute atomic E-state index is 0.514. The number of hydrogen-bond acceptors (Lipinski definition) is 2. The zero-order valence-corrected chi connectivity index (χ0v) is 8.66. The van der Waals surface area contributed by atoms with Crippen molar-refractivity contribution in [1.29, 1.82) is 0 Å². The summed E-state index contributed by atoms with van der Waals surface area (Å²) in [5.74, 6) is 0. The third kappa shape index (κ3) is 2.26. The van der Waals surface area contributed by atoms with Crippen LogP contribution in [0.15, 0.2) is 30.3 Å². The van der Waals surface area contributed by atoms with E-state index in [2.05, 4.69) is 41.8 Å². The van der Waals surface area contributed by atoms with E-state index in [1.165, 1.54) is 25.1 Å². The summed E-state index contributed by atoms with van der Waals surface area (Å²) >= 11 is 0. The fraction of sp³-hybridized carbons (Fsp3) is 0.500. The van der Waals surface area contributed by atoms with E-state index in [1.807, 2.05) is 6.07 Å². The Labute approximate surface area is 85.7 Å². The van der Waals surface area contributed by atoms with Crippen LogP contribution in [-0.4, -0.2) is 18.6 Å². The van der Waals surface area contributed by atoms with Crippen LogP contribution in [-0.2, 0) is 0 Å². The Morgan fingerprint density at radius 2 is 2.14 bits per heavy atom. The fourth-order valence-electron chi connectivity index (χ4n) is 2.04. The quantitative estimate of drug-likeness (QED) is 0.764. The largest absolute Gasteiger partial charge is 0.381 e. The summed E-state index contributed by atoms with van der Waals surface area (Å²) in [5.41, 5.74) is 1.22. The predicted octanol–water partition coefficient (Wildman–Crippen LogP) is 2.24. The van der Waals surface area contributed by atoms with Gasteiger partial charge in [-0.2, -0.15) is 0 Å². The first kappa shape index (κ1) is 9.53. The average Bonchev–Trinajstić information content (AvgIpc) is 2.72. The van der Waals surface area contributed by atoms with E-state index in [9.17, 15) is 0 Å². The normalized spacial score (nSPS) is 23.4. The Morgan fingerprint density at radius 1 is 1.36 bits per heavy atom. The molecule has 0 aromatic heterocycles. The molecule has 2 rings (SSSR count). The molecule has 1 aromatic rings. The number of hydrogen-bond donors (Lipinski definition) is 2. The molecule has 1 aliphatic rings. The highest BCUT2D eigenvalue weighted by molar-refractivity contribution is 5.43. The van der Waals surface area contributed by atoms with Gasteiger partial charge in [0, 0.05) is 17.8 Å². The van der Waals surface area contributed by atoms with Crippen molar-refractivity contribution >= 4 is 5.69 Å². The molecule has 0 aliphatic carbocycles. The van der Waals surface area contributed by atoms with E-state index in [4.69, 9.17) is 0 Å².